The highest BCUT2D eigenvalue weighted by Crippen LogP contribution is 2.21. The number of hydrogen-bond acceptors (Lipinski definition) is 2. The van der Waals surface area contributed by atoms with Gasteiger partial charge in [0.15, 0.2) is 0 Å². The van der Waals surface area contributed by atoms with Crippen LogP contribution in [0.3, 0.4) is 0 Å². The summed E-state index contributed by atoms with van der Waals surface area (Å²) < 4.78 is 26.1. The molecular weight excluding hydrogens is 334 g/mol. The number of carbonyl (C=O) groups excluding carboxylic acids is 1. The minimum absolute atomic E-state index is 0.0330. The maximum atomic E-state index is 13.0. The van der Waals surface area contributed by atoms with Crippen LogP contribution in [0, 0.1) is 17.6 Å². The zero-order valence-corrected chi connectivity index (χ0v) is 14.9. The summed E-state index contributed by atoms with van der Waals surface area (Å²) in [5.74, 6) is -0.548. The third kappa shape index (κ3) is 4.88. The van der Waals surface area contributed by atoms with Gasteiger partial charge in [-0.1, -0.05) is 24.3 Å². The molecule has 0 radical (unpaired) electrons. The van der Waals surface area contributed by atoms with Gasteiger partial charge in [-0.25, -0.2) is 8.78 Å². The summed E-state index contributed by atoms with van der Waals surface area (Å²) in [6.45, 7) is 4.26. The van der Waals surface area contributed by atoms with Gasteiger partial charge in [0.2, 0.25) is 5.91 Å². The lowest BCUT2D eigenvalue weighted by molar-refractivity contribution is -0.127. The highest BCUT2D eigenvalue weighted by molar-refractivity contribution is 5.79. The molecule has 138 valence electrons. The Hall–Kier alpha value is -2.27. The van der Waals surface area contributed by atoms with Crippen molar-refractivity contribution in [2.75, 3.05) is 13.1 Å². The van der Waals surface area contributed by atoms with Crippen molar-refractivity contribution in [2.24, 2.45) is 5.92 Å². The minimum atomic E-state index is -0.281. The Labute approximate surface area is 153 Å². The summed E-state index contributed by atoms with van der Waals surface area (Å²) in [4.78, 5) is 14.9. The van der Waals surface area contributed by atoms with Crippen LogP contribution in [-0.4, -0.2) is 23.9 Å². The first kappa shape index (κ1) is 18.5. The van der Waals surface area contributed by atoms with Crippen molar-refractivity contribution in [3.8, 4) is 0 Å². The molecule has 2 aromatic carbocycles. The van der Waals surface area contributed by atoms with Crippen LogP contribution in [0.15, 0.2) is 48.5 Å². The van der Waals surface area contributed by atoms with Crippen LogP contribution in [0.4, 0.5) is 8.78 Å². The zero-order chi connectivity index (χ0) is 18.5. The lowest BCUT2D eigenvalue weighted by Gasteiger charge is -2.32. The SMILES string of the molecule is C[C@@H](NC(=O)[C@@H]1CCCN(Cc2ccc(F)cc2)C1)c1ccc(F)cc1. The molecule has 0 saturated carbocycles. The van der Waals surface area contributed by atoms with Crippen LogP contribution in [0.25, 0.3) is 0 Å². The van der Waals surface area contributed by atoms with Crippen LogP contribution in [0.5, 0.6) is 0 Å². The van der Waals surface area contributed by atoms with Crippen molar-refractivity contribution in [3.05, 3.63) is 71.3 Å². The Balaban J connectivity index is 1.55. The fourth-order valence-electron chi connectivity index (χ4n) is 3.43. The molecule has 0 unspecified atom stereocenters. The van der Waals surface area contributed by atoms with Crippen LogP contribution < -0.4 is 5.32 Å². The molecule has 1 N–H and O–H groups in total. The van der Waals surface area contributed by atoms with Gasteiger partial charge >= 0.3 is 0 Å². The van der Waals surface area contributed by atoms with Crippen molar-refractivity contribution >= 4 is 5.91 Å². The second-order valence-corrected chi connectivity index (χ2v) is 6.98. The monoisotopic (exact) mass is 358 g/mol. The minimum Gasteiger partial charge on any atom is -0.349 e. The Kier molecular flexibility index (Phi) is 5.99. The number of hydrogen-bond donors (Lipinski definition) is 1. The van der Waals surface area contributed by atoms with Gasteiger partial charge in [-0.3, -0.25) is 9.69 Å². The van der Waals surface area contributed by atoms with E-state index in [1.54, 1.807) is 24.3 Å². The van der Waals surface area contributed by atoms with Crippen molar-refractivity contribution in [1.29, 1.82) is 0 Å². The van der Waals surface area contributed by atoms with Gasteiger partial charge in [0.1, 0.15) is 11.6 Å². The smallest absolute Gasteiger partial charge is 0.224 e. The molecule has 1 saturated heterocycles. The molecular formula is C21H24F2N2O. The molecule has 5 heteroatoms. The van der Waals surface area contributed by atoms with Crippen molar-refractivity contribution < 1.29 is 13.6 Å². The number of halogens is 2. The van der Waals surface area contributed by atoms with Gasteiger partial charge in [0.25, 0.3) is 0 Å². The average Bonchev–Trinajstić information content (AvgIpc) is 2.64. The van der Waals surface area contributed by atoms with Gasteiger partial charge in [0.05, 0.1) is 12.0 Å². The van der Waals surface area contributed by atoms with Gasteiger partial charge in [-0.2, -0.15) is 0 Å². The molecule has 1 aliphatic heterocycles. The van der Waals surface area contributed by atoms with E-state index in [4.69, 9.17) is 0 Å². The quantitative estimate of drug-likeness (QED) is 0.874. The molecule has 0 aromatic heterocycles. The summed E-state index contributed by atoms with van der Waals surface area (Å²) in [5, 5.41) is 3.04. The maximum absolute atomic E-state index is 13.0. The maximum Gasteiger partial charge on any atom is 0.224 e. The van der Waals surface area contributed by atoms with E-state index in [0.717, 1.165) is 37.1 Å². The fraction of sp³-hybridized carbons (Fsp3) is 0.381. The van der Waals surface area contributed by atoms with E-state index in [9.17, 15) is 13.6 Å². The van der Waals surface area contributed by atoms with E-state index in [1.165, 1.54) is 24.3 Å². The molecule has 3 rings (SSSR count). The highest BCUT2D eigenvalue weighted by Gasteiger charge is 2.26. The van der Waals surface area contributed by atoms with E-state index in [-0.39, 0.29) is 29.5 Å². The standard InChI is InChI=1S/C21H24F2N2O/c1-15(17-6-10-20(23)11-7-17)24-21(26)18-3-2-12-25(14-18)13-16-4-8-19(22)9-5-16/h4-11,15,18H,2-3,12-14H2,1H3,(H,24,26)/t15-,18-/m1/s1. The van der Waals surface area contributed by atoms with Gasteiger partial charge in [-0.15, -0.1) is 0 Å². The summed E-state index contributed by atoms with van der Waals surface area (Å²) >= 11 is 0. The second kappa shape index (κ2) is 8.41. The number of rotatable bonds is 5. The van der Waals surface area contributed by atoms with Crippen LogP contribution >= 0.6 is 0 Å². The van der Waals surface area contributed by atoms with Crippen LogP contribution in [-0.2, 0) is 11.3 Å². The number of amides is 1. The largest absolute Gasteiger partial charge is 0.349 e. The molecule has 1 heterocycles. The summed E-state index contributed by atoms with van der Waals surface area (Å²) in [6, 6.07) is 12.6. The Morgan fingerprint density at radius 2 is 1.73 bits per heavy atom. The molecule has 0 aliphatic carbocycles. The third-order valence-corrected chi connectivity index (χ3v) is 4.92. The second-order valence-electron chi connectivity index (χ2n) is 6.98. The Morgan fingerprint density at radius 1 is 1.12 bits per heavy atom. The third-order valence-electron chi connectivity index (χ3n) is 4.92. The lowest BCUT2D eigenvalue weighted by atomic mass is 9.96. The normalized spacial score (nSPS) is 19.1. The van der Waals surface area contributed by atoms with Crippen molar-refractivity contribution in [2.45, 2.75) is 32.4 Å². The summed E-state index contributed by atoms with van der Waals surface area (Å²) in [7, 11) is 0. The summed E-state index contributed by atoms with van der Waals surface area (Å²) in [5.41, 5.74) is 1.94. The Morgan fingerprint density at radius 3 is 2.38 bits per heavy atom. The summed E-state index contributed by atoms with van der Waals surface area (Å²) in [6.07, 6.45) is 1.83. The van der Waals surface area contributed by atoms with Gasteiger partial charge < -0.3 is 5.32 Å². The van der Waals surface area contributed by atoms with E-state index >= 15 is 0 Å². The molecule has 0 spiro atoms. The number of carbonyl (C=O) groups is 1. The zero-order valence-electron chi connectivity index (χ0n) is 14.9. The predicted molar refractivity (Wildman–Crippen MR) is 97.4 cm³/mol. The van der Waals surface area contributed by atoms with Crippen molar-refractivity contribution in [1.82, 2.24) is 10.2 Å². The molecule has 2 aromatic rings. The number of nitrogens with zero attached hydrogens (tertiary/aromatic N) is 1. The van der Waals surface area contributed by atoms with Crippen LogP contribution in [0.1, 0.15) is 36.9 Å². The first-order valence-electron chi connectivity index (χ1n) is 9.04. The number of piperidine rings is 1. The van der Waals surface area contributed by atoms with Crippen molar-refractivity contribution in [3.63, 3.8) is 0 Å². The van der Waals surface area contributed by atoms with E-state index in [0.29, 0.717) is 6.54 Å². The average molecular weight is 358 g/mol. The van der Waals surface area contributed by atoms with E-state index < -0.39 is 0 Å². The number of nitrogens with one attached hydrogen (secondary N) is 1. The predicted octanol–water partition coefficient (Wildman–Crippen LogP) is 4.05. The van der Waals surface area contributed by atoms with Gasteiger partial charge in [-0.05, 0) is 61.7 Å². The fourth-order valence-corrected chi connectivity index (χ4v) is 3.43. The highest BCUT2D eigenvalue weighted by atomic mass is 19.1. The van der Waals surface area contributed by atoms with Crippen LogP contribution in [0.2, 0.25) is 0 Å². The Bertz CT molecular complexity index is 731. The lowest BCUT2D eigenvalue weighted by Crippen LogP contribution is -2.43. The molecule has 1 amide bonds. The topological polar surface area (TPSA) is 32.3 Å². The first-order valence-corrected chi connectivity index (χ1v) is 9.04. The van der Waals surface area contributed by atoms with Gasteiger partial charge in [0, 0.05) is 13.1 Å². The van der Waals surface area contributed by atoms with E-state index in [2.05, 4.69) is 10.2 Å². The first-order chi connectivity index (χ1) is 12.5. The van der Waals surface area contributed by atoms with E-state index in [1.807, 2.05) is 6.92 Å². The molecule has 0 bridgehead atoms. The molecule has 1 aliphatic rings. The number of likely N-dealkylation sites (tertiary alicyclic amines) is 1. The molecule has 26 heavy (non-hydrogen) atoms. The molecule has 1 fully saturated rings. The molecule has 3 nitrogen and oxygen atoms in total. The molecule has 2 atom stereocenters. The number of benzene rings is 2.